The van der Waals surface area contributed by atoms with E-state index in [2.05, 4.69) is 5.32 Å². The number of nitrogens with one attached hydrogen (secondary N) is 1. The number of amides is 1. The molecule has 0 aliphatic rings. The number of hydrogen-bond donors (Lipinski definition) is 2. The Morgan fingerprint density at radius 1 is 1.36 bits per heavy atom. The largest absolute Gasteiger partial charge is 0.464 e. The van der Waals surface area contributed by atoms with E-state index in [1.165, 1.54) is 25.1 Å². The average molecular weight is 304 g/mol. The second-order valence-electron chi connectivity index (χ2n) is 4.88. The molecule has 0 radical (unpaired) electrons. The topological polar surface area (TPSA) is 106 Å². The summed E-state index contributed by atoms with van der Waals surface area (Å²) in [5, 5.41) is 23.3. The molecule has 0 saturated carbocycles. The van der Waals surface area contributed by atoms with Crippen LogP contribution in [0.3, 0.4) is 0 Å². The molecule has 22 heavy (non-hydrogen) atoms. The van der Waals surface area contributed by atoms with Crippen molar-refractivity contribution in [3.05, 3.63) is 63.1 Å². The van der Waals surface area contributed by atoms with Crippen LogP contribution in [0.25, 0.3) is 0 Å². The lowest BCUT2D eigenvalue weighted by atomic mass is 10.1. The first kappa shape index (κ1) is 15.7. The van der Waals surface area contributed by atoms with Gasteiger partial charge in [-0.25, -0.2) is 0 Å². The summed E-state index contributed by atoms with van der Waals surface area (Å²) in [5.41, 5.74) is 0.375. The van der Waals surface area contributed by atoms with Gasteiger partial charge in [-0.15, -0.1) is 0 Å². The summed E-state index contributed by atoms with van der Waals surface area (Å²) in [6.45, 7) is 3.22. The molecular weight excluding hydrogens is 288 g/mol. The maximum atomic E-state index is 12.1. The molecular formula is C15H16N2O5. The number of aliphatic hydroxyl groups excluding tert-OH is 1. The summed E-state index contributed by atoms with van der Waals surface area (Å²) in [7, 11) is 0. The molecule has 1 heterocycles. The number of rotatable bonds is 5. The van der Waals surface area contributed by atoms with Crippen LogP contribution in [-0.4, -0.2) is 22.5 Å². The van der Waals surface area contributed by atoms with E-state index in [-0.39, 0.29) is 23.4 Å². The molecule has 1 aromatic carbocycles. The molecule has 0 aliphatic carbocycles. The van der Waals surface area contributed by atoms with Crippen molar-refractivity contribution in [2.45, 2.75) is 20.0 Å². The van der Waals surface area contributed by atoms with Gasteiger partial charge in [-0.1, -0.05) is 6.07 Å². The Balaban J connectivity index is 2.07. The van der Waals surface area contributed by atoms with Gasteiger partial charge in [0.05, 0.1) is 11.5 Å². The van der Waals surface area contributed by atoms with Crippen LogP contribution in [0, 0.1) is 24.0 Å². The van der Waals surface area contributed by atoms with Crippen molar-refractivity contribution in [3.8, 4) is 0 Å². The molecule has 0 bridgehead atoms. The highest BCUT2D eigenvalue weighted by Crippen LogP contribution is 2.21. The number of nitro groups is 1. The molecule has 2 rings (SSSR count). The average Bonchev–Trinajstić information content (AvgIpc) is 2.91. The van der Waals surface area contributed by atoms with Gasteiger partial charge in [0.2, 0.25) is 0 Å². The van der Waals surface area contributed by atoms with E-state index in [0.717, 1.165) is 0 Å². The standard InChI is InChI=1S/C15H16N2O5/c1-9-6-7-14(22-9)13(18)8-16-15(19)11-4-3-5-12(10(11)2)17(20)21/h3-7,13,18H,8H2,1-2H3,(H,16,19). The number of hydrogen-bond acceptors (Lipinski definition) is 5. The number of carbonyl (C=O) groups is 1. The van der Waals surface area contributed by atoms with Gasteiger partial charge < -0.3 is 14.8 Å². The quantitative estimate of drug-likeness (QED) is 0.651. The Kier molecular flexibility index (Phi) is 4.57. The van der Waals surface area contributed by atoms with Crippen LogP contribution in [0.2, 0.25) is 0 Å². The van der Waals surface area contributed by atoms with Gasteiger partial charge in [-0.2, -0.15) is 0 Å². The van der Waals surface area contributed by atoms with Gasteiger partial charge in [-0.3, -0.25) is 14.9 Å². The number of furan rings is 1. The van der Waals surface area contributed by atoms with Crippen molar-refractivity contribution in [1.29, 1.82) is 0 Å². The molecule has 1 amide bonds. The minimum absolute atomic E-state index is 0.0477. The number of aryl methyl sites for hydroxylation is 1. The van der Waals surface area contributed by atoms with Gasteiger partial charge >= 0.3 is 0 Å². The zero-order valence-electron chi connectivity index (χ0n) is 12.2. The van der Waals surface area contributed by atoms with Gasteiger partial charge in [0.1, 0.15) is 17.6 Å². The molecule has 2 N–H and O–H groups in total. The second-order valence-corrected chi connectivity index (χ2v) is 4.88. The summed E-state index contributed by atoms with van der Waals surface area (Å²) in [5.74, 6) is 0.534. The third-order valence-electron chi connectivity index (χ3n) is 3.29. The van der Waals surface area contributed by atoms with Crippen LogP contribution < -0.4 is 5.32 Å². The fourth-order valence-electron chi connectivity index (χ4n) is 2.08. The van der Waals surface area contributed by atoms with Crippen molar-refractivity contribution >= 4 is 11.6 Å². The molecule has 0 saturated heterocycles. The highest BCUT2D eigenvalue weighted by molar-refractivity contribution is 5.96. The summed E-state index contributed by atoms with van der Waals surface area (Å²) < 4.78 is 5.27. The molecule has 2 aromatic rings. The molecule has 116 valence electrons. The van der Waals surface area contributed by atoms with Gasteiger partial charge in [0.25, 0.3) is 11.6 Å². The van der Waals surface area contributed by atoms with Gasteiger partial charge in [0.15, 0.2) is 0 Å². The zero-order chi connectivity index (χ0) is 16.3. The first-order valence-electron chi connectivity index (χ1n) is 6.66. The lowest BCUT2D eigenvalue weighted by molar-refractivity contribution is -0.385. The third kappa shape index (κ3) is 3.32. The van der Waals surface area contributed by atoms with E-state index in [1.807, 2.05) is 0 Å². The maximum absolute atomic E-state index is 12.1. The SMILES string of the molecule is Cc1ccc(C(O)CNC(=O)c2cccc([N+](=O)[O-])c2C)o1. The monoisotopic (exact) mass is 304 g/mol. The summed E-state index contributed by atoms with van der Waals surface area (Å²) in [6, 6.07) is 7.63. The Labute approximate surface area is 126 Å². The van der Waals surface area contributed by atoms with E-state index in [0.29, 0.717) is 11.5 Å². The van der Waals surface area contributed by atoms with Gasteiger partial charge in [-0.05, 0) is 32.0 Å². The van der Waals surface area contributed by atoms with Crippen molar-refractivity contribution in [1.82, 2.24) is 5.32 Å². The summed E-state index contributed by atoms with van der Waals surface area (Å²) in [6.07, 6.45) is -0.975. The van der Waals surface area contributed by atoms with Crippen molar-refractivity contribution in [2.24, 2.45) is 0 Å². The third-order valence-corrected chi connectivity index (χ3v) is 3.29. The Morgan fingerprint density at radius 2 is 2.09 bits per heavy atom. The molecule has 0 spiro atoms. The smallest absolute Gasteiger partial charge is 0.273 e. The second kappa shape index (κ2) is 6.40. The molecule has 1 aromatic heterocycles. The zero-order valence-corrected chi connectivity index (χ0v) is 12.2. The van der Waals surface area contributed by atoms with Crippen LogP contribution in [-0.2, 0) is 0 Å². The summed E-state index contributed by atoms with van der Waals surface area (Å²) in [4.78, 5) is 22.4. The fourth-order valence-corrected chi connectivity index (χ4v) is 2.08. The Bertz CT molecular complexity index is 708. The van der Waals surface area contributed by atoms with Crippen molar-refractivity contribution in [3.63, 3.8) is 0 Å². The van der Waals surface area contributed by atoms with Crippen molar-refractivity contribution in [2.75, 3.05) is 6.54 Å². The van der Waals surface area contributed by atoms with E-state index in [4.69, 9.17) is 4.42 Å². The molecule has 1 atom stereocenters. The predicted molar refractivity (Wildman–Crippen MR) is 78.6 cm³/mol. The number of benzene rings is 1. The minimum Gasteiger partial charge on any atom is -0.464 e. The lowest BCUT2D eigenvalue weighted by Crippen LogP contribution is -2.28. The molecule has 0 aliphatic heterocycles. The normalized spacial score (nSPS) is 12.0. The number of aliphatic hydroxyl groups is 1. The van der Waals surface area contributed by atoms with E-state index >= 15 is 0 Å². The highest BCUT2D eigenvalue weighted by Gasteiger charge is 2.19. The highest BCUT2D eigenvalue weighted by atomic mass is 16.6. The maximum Gasteiger partial charge on any atom is 0.273 e. The predicted octanol–water partition coefficient (Wildman–Crippen LogP) is 2.27. The first-order chi connectivity index (χ1) is 10.4. The minimum atomic E-state index is -0.975. The molecule has 7 nitrogen and oxygen atoms in total. The fraction of sp³-hybridized carbons (Fsp3) is 0.267. The van der Waals surface area contributed by atoms with Gasteiger partial charge in [0, 0.05) is 17.2 Å². The van der Waals surface area contributed by atoms with Crippen molar-refractivity contribution < 1.29 is 19.2 Å². The van der Waals surface area contributed by atoms with Crippen LogP contribution >= 0.6 is 0 Å². The molecule has 1 unspecified atom stereocenters. The van der Waals surface area contributed by atoms with E-state index in [9.17, 15) is 20.0 Å². The summed E-state index contributed by atoms with van der Waals surface area (Å²) >= 11 is 0. The van der Waals surface area contributed by atoms with Crippen LogP contribution in [0.4, 0.5) is 5.69 Å². The first-order valence-corrected chi connectivity index (χ1v) is 6.66. The number of nitro benzene ring substituents is 1. The number of carbonyl (C=O) groups excluding carboxylic acids is 1. The van der Waals surface area contributed by atoms with E-state index in [1.54, 1.807) is 19.1 Å². The molecule has 0 fully saturated rings. The molecule has 7 heteroatoms. The lowest BCUT2D eigenvalue weighted by Gasteiger charge is -2.11. The Morgan fingerprint density at radius 3 is 2.68 bits per heavy atom. The van der Waals surface area contributed by atoms with Crippen LogP contribution in [0.1, 0.15) is 33.5 Å². The number of nitrogens with zero attached hydrogens (tertiary/aromatic N) is 1. The Hall–Kier alpha value is -2.67. The van der Waals surface area contributed by atoms with E-state index < -0.39 is 16.9 Å². The van der Waals surface area contributed by atoms with Crippen LogP contribution in [0.5, 0.6) is 0 Å². The van der Waals surface area contributed by atoms with Crippen LogP contribution in [0.15, 0.2) is 34.7 Å².